The standard InChI is InChI=1S/C23H36P/c1-4-7-16-24(17-8-5-2,18-9-6-3)20-21-14-15-22-12-10-11-13-23(22)19-21/h10-15,19H,4-9,16-18,20H2,1-3H3/q+1. The zero-order valence-corrected chi connectivity index (χ0v) is 17.0. The lowest BCUT2D eigenvalue weighted by molar-refractivity contribution is 0.832. The minimum atomic E-state index is -0.846. The average Bonchev–Trinajstić information content (AvgIpc) is 2.62. The van der Waals surface area contributed by atoms with E-state index in [1.807, 2.05) is 0 Å². The summed E-state index contributed by atoms with van der Waals surface area (Å²) in [5.74, 6) is 0. The normalized spacial score (nSPS) is 12.0. The van der Waals surface area contributed by atoms with Gasteiger partial charge < -0.3 is 0 Å². The molecule has 0 aliphatic carbocycles. The molecule has 132 valence electrons. The maximum atomic E-state index is 2.47. The van der Waals surface area contributed by atoms with Gasteiger partial charge in [-0.25, -0.2) is 0 Å². The highest BCUT2D eigenvalue weighted by Crippen LogP contribution is 2.63. The third-order valence-electron chi connectivity index (χ3n) is 5.29. The van der Waals surface area contributed by atoms with E-state index in [1.54, 1.807) is 5.56 Å². The molecule has 2 aromatic rings. The largest absolute Gasteiger partial charge is 0.0843 e. The Balaban J connectivity index is 2.24. The van der Waals surface area contributed by atoms with Crippen molar-refractivity contribution in [3.05, 3.63) is 48.0 Å². The number of unbranched alkanes of at least 4 members (excludes halogenated alkanes) is 3. The Kier molecular flexibility index (Phi) is 8.26. The van der Waals surface area contributed by atoms with Crippen LogP contribution in [0, 0.1) is 0 Å². The van der Waals surface area contributed by atoms with Gasteiger partial charge in [-0.3, -0.25) is 0 Å². The quantitative estimate of drug-likeness (QED) is 0.366. The highest BCUT2D eigenvalue weighted by atomic mass is 31.2. The molecule has 0 heterocycles. The Labute approximate surface area is 150 Å². The van der Waals surface area contributed by atoms with Gasteiger partial charge in [0.1, 0.15) is 0 Å². The van der Waals surface area contributed by atoms with E-state index in [-0.39, 0.29) is 0 Å². The molecule has 24 heavy (non-hydrogen) atoms. The van der Waals surface area contributed by atoms with E-state index in [1.165, 1.54) is 73.9 Å². The van der Waals surface area contributed by atoms with Gasteiger partial charge in [-0.05, 0) is 41.7 Å². The topological polar surface area (TPSA) is 0 Å². The van der Waals surface area contributed by atoms with Crippen molar-refractivity contribution < 1.29 is 0 Å². The summed E-state index contributed by atoms with van der Waals surface area (Å²) in [5.41, 5.74) is 1.59. The summed E-state index contributed by atoms with van der Waals surface area (Å²) >= 11 is 0. The van der Waals surface area contributed by atoms with Gasteiger partial charge in [-0.2, -0.15) is 0 Å². The Morgan fingerprint density at radius 3 is 1.75 bits per heavy atom. The van der Waals surface area contributed by atoms with Crippen LogP contribution in [0.3, 0.4) is 0 Å². The molecule has 0 radical (unpaired) electrons. The molecule has 0 bridgehead atoms. The summed E-state index contributed by atoms with van der Waals surface area (Å²) < 4.78 is 0. The molecule has 0 unspecified atom stereocenters. The van der Waals surface area contributed by atoms with Crippen molar-refractivity contribution in [1.29, 1.82) is 0 Å². The summed E-state index contributed by atoms with van der Waals surface area (Å²) in [4.78, 5) is 0. The van der Waals surface area contributed by atoms with Crippen LogP contribution in [0.2, 0.25) is 0 Å². The predicted molar refractivity (Wildman–Crippen MR) is 114 cm³/mol. The van der Waals surface area contributed by atoms with Gasteiger partial charge in [-0.1, -0.05) is 76.4 Å². The molecular weight excluding hydrogens is 307 g/mol. The molecule has 1 heteroatoms. The van der Waals surface area contributed by atoms with Crippen LogP contribution in [0.4, 0.5) is 0 Å². The Bertz CT molecular complexity index is 580. The molecule has 0 aliphatic heterocycles. The van der Waals surface area contributed by atoms with Crippen LogP contribution in [-0.4, -0.2) is 18.5 Å². The maximum absolute atomic E-state index is 2.47. The molecule has 0 fully saturated rings. The van der Waals surface area contributed by atoms with E-state index >= 15 is 0 Å². The molecular formula is C23H36P+. The number of hydrogen-bond acceptors (Lipinski definition) is 0. The van der Waals surface area contributed by atoms with Crippen LogP contribution in [-0.2, 0) is 6.16 Å². The Hall–Kier alpha value is -0.870. The summed E-state index contributed by atoms with van der Waals surface area (Å²) in [6.45, 7) is 7.05. The first kappa shape index (κ1) is 19.5. The lowest BCUT2D eigenvalue weighted by atomic mass is 10.1. The van der Waals surface area contributed by atoms with Crippen molar-refractivity contribution in [3.8, 4) is 0 Å². The lowest BCUT2D eigenvalue weighted by Gasteiger charge is -2.28. The van der Waals surface area contributed by atoms with Crippen molar-refractivity contribution in [3.63, 3.8) is 0 Å². The van der Waals surface area contributed by atoms with Crippen molar-refractivity contribution in [2.45, 2.75) is 65.5 Å². The molecule has 2 aromatic carbocycles. The molecule has 0 saturated heterocycles. The van der Waals surface area contributed by atoms with Crippen molar-refractivity contribution in [2.24, 2.45) is 0 Å². The number of hydrogen-bond donors (Lipinski definition) is 0. The fraction of sp³-hybridized carbons (Fsp3) is 0.565. The van der Waals surface area contributed by atoms with Crippen molar-refractivity contribution in [2.75, 3.05) is 18.5 Å². The van der Waals surface area contributed by atoms with Gasteiger partial charge >= 0.3 is 0 Å². The molecule has 0 saturated carbocycles. The monoisotopic (exact) mass is 343 g/mol. The zero-order valence-electron chi connectivity index (χ0n) is 16.1. The third-order valence-corrected chi connectivity index (χ3v) is 10.1. The number of benzene rings is 2. The molecule has 2 rings (SSSR count). The molecule has 0 spiro atoms. The van der Waals surface area contributed by atoms with Gasteiger partial charge in [0.2, 0.25) is 0 Å². The van der Waals surface area contributed by atoms with E-state index in [2.05, 4.69) is 63.2 Å². The van der Waals surface area contributed by atoms with E-state index in [0.717, 1.165) is 0 Å². The van der Waals surface area contributed by atoms with Crippen molar-refractivity contribution in [1.82, 2.24) is 0 Å². The summed E-state index contributed by atoms with van der Waals surface area (Å²) in [6.07, 6.45) is 14.2. The minimum absolute atomic E-state index is 0.846. The van der Waals surface area contributed by atoms with Crippen LogP contribution < -0.4 is 0 Å². The molecule has 0 atom stereocenters. The highest BCUT2D eigenvalue weighted by Gasteiger charge is 2.35. The fourth-order valence-corrected chi connectivity index (χ4v) is 8.86. The highest BCUT2D eigenvalue weighted by molar-refractivity contribution is 7.75. The van der Waals surface area contributed by atoms with E-state index in [9.17, 15) is 0 Å². The second kappa shape index (κ2) is 10.2. The number of rotatable bonds is 11. The number of fused-ring (bicyclic) bond motifs is 1. The first-order chi connectivity index (χ1) is 11.7. The van der Waals surface area contributed by atoms with Crippen LogP contribution in [0.25, 0.3) is 10.8 Å². The summed E-state index contributed by atoms with van der Waals surface area (Å²) in [7, 11) is -0.846. The van der Waals surface area contributed by atoms with Crippen molar-refractivity contribution >= 4 is 18.0 Å². The minimum Gasteiger partial charge on any atom is -0.0652 e. The third kappa shape index (κ3) is 5.59. The van der Waals surface area contributed by atoms with Crippen LogP contribution in [0.15, 0.2) is 42.5 Å². The van der Waals surface area contributed by atoms with Gasteiger partial charge in [0.25, 0.3) is 0 Å². The zero-order chi connectivity index (χ0) is 17.3. The molecule has 0 aliphatic rings. The van der Waals surface area contributed by atoms with E-state index in [0.29, 0.717) is 0 Å². The smallest absolute Gasteiger partial charge is 0.0652 e. The predicted octanol–water partition coefficient (Wildman–Crippen LogP) is 7.76. The van der Waals surface area contributed by atoms with Gasteiger partial charge in [0.05, 0.1) is 24.6 Å². The average molecular weight is 344 g/mol. The second-order valence-electron chi connectivity index (χ2n) is 7.41. The van der Waals surface area contributed by atoms with E-state index in [4.69, 9.17) is 0 Å². The first-order valence-corrected chi connectivity index (χ1v) is 12.6. The van der Waals surface area contributed by atoms with E-state index < -0.39 is 7.26 Å². The maximum Gasteiger partial charge on any atom is 0.0843 e. The Morgan fingerprint density at radius 1 is 0.667 bits per heavy atom. The fourth-order valence-electron chi connectivity index (χ4n) is 3.78. The summed E-state index contributed by atoms with van der Waals surface area (Å²) in [6, 6.07) is 16.0. The molecule has 0 N–H and O–H groups in total. The van der Waals surface area contributed by atoms with Crippen LogP contribution in [0.5, 0.6) is 0 Å². The van der Waals surface area contributed by atoms with Crippen LogP contribution >= 0.6 is 7.26 Å². The second-order valence-corrected chi connectivity index (χ2v) is 11.8. The Morgan fingerprint density at radius 2 is 1.21 bits per heavy atom. The molecule has 0 nitrogen and oxygen atoms in total. The molecule has 0 aromatic heterocycles. The SMILES string of the molecule is CCCC[P+](CCCC)(CCCC)Cc1ccc2ccccc2c1. The van der Waals surface area contributed by atoms with Gasteiger partial charge in [0, 0.05) is 7.26 Å². The van der Waals surface area contributed by atoms with Gasteiger partial charge in [0.15, 0.2) is 0 Å². The van der Waals surface area contributed by atoms with Gasteiger partial charge in [-0.15, -0.1) is 0 Å². The lowest BCUT2D eigenvalue weighted by Crippen LogP contribution is -2.11. The summed E-state index contributed by atoms with van der Waals surface area (Å²) in [5, 5.41) is 2.79. The molecule has 0 amide bonds. The first-order valence-electron chi connectivity index (χ1n) is 10.1. The van der Waals surface area contributed by atoms with Crippen LogP contribution in [0.1, 0.15) is 64.9 Å².